The van der Waals surface area contributed by atoms with Crippen LogP contribution in [0.4, 0.5) is 0 Å². The SMILES string of the molecule is CNC(c1ccncc1)c1cccc(CC(C)C)c1. The molecular formula is C17H22N2. The lowest BCUT2D eigenvalue weighted by Gasteiger charge is -2.18. The van der Waals surface area contributed by atoms with Gasteiger partial charge in [0.15, 0.2) is 0 Å². The number of rotatable bonds is 5. The van der Waals surface area contributed by atoms with Gasteiger partial charge in [-0.05, 0) is 48.2 Å². The molecule has 2 heteroatoms. The first kappa shape index (κ1) is 13.8. The molecular weight excluding hydrogens is 232 g/mol. The minimum atomic E-state index is 0.232. The summed E-state index contributed by atoms with van der Waals surface area (Å²) in [6.07, 6.45) is 4.82. The third-order valence-corrected chi connectivity index (χ3v) is 3.26. The van der Waals surface area contributed by atoms with Crippen LogP contribution in [0.25, 0.3) is 0 Å². The van der Waals surface area contributed by atoms with E-state index in [9.17, 15) is 0 Å². The van der Waals surface area contributed by atoms with Crippen LogP contribution in [-0.4, -0.2) is 12.0 Å². The number of pyridine rings is 1. The Morgan fingerprint density at radius 3 is 2.42 bits per heavy atom. The predicted molar refractivity (Wildman–Crippen MR) is 80.1 cm³/mol. The van der Waals surface area contributed by atoms with Crippen molar-refractivity contribution >= 4 is 0 Å². The Balaban J connectivity index is 2.28. The summed E-state index contributed by atoms with van der Waals surface area (Å²) in [6.45, 7) is 4.51. The second-order valence-electron chi connectivity index (χ2n) is 5.35. The first-order valence-electron chi connectivity index (χ1n) is 6.86. The van der Waals surface area contributed by atoms with Gasteiger partial charge in [0.1, 0.15) is 0 Å². The molecule has 2 rings (SSSR count). The fraction of sp³-hybridized carbons (Fsp3) is 0.353. The molecule has 1 atom stereocenters. The Bertz CT molecular complexity index is 506. The number of benzene rings is 1. The van der Waals surface area contributed by atoms with Crippen LogP contribution in [-0.2, 0) is 6.42 Å². The molecule has 0 aliphatic rings. The zero-order valence-electron chi connectivity index (χ0n) is 11.9. The van der Waals surface area contributed by atoms with Crippen LogP contribution in [0.15, 0.2) is 48.8 Å². The second kappa shape index (κ2) is 6.48. The van der Waals surface area contributed by atoms with Crippen LogP contribution in [0.2, 0.25) is 0 Å². The molecule has 1 aromatic carbocycles. The van der Waals surface area contributed by atoms with Crippen molar-refractivity contribution < 1.29 is 0 Å². The highest BCUT2D eigenvalue weighted by molar-refractivity contribution is 5.33. The molecule has 1 unspecified atom stereocenters. The van der Waals surface area contributed by atoms with Crippen LogP contribution in [0, 0.1) is 5.92 Å². The van der Waals surface area contributed by atoms with Gasteiger partial charge >= 0.3 is 0 Å². The quantitative estimate of drug-likeness (QED) is 0.882. The van der Waals surface area contributed by atoms with Gasteiger partial charge in [0.2, 0.25) is 0 Å². The molecule has 0 radical (unpaired) electrons. The number of nitrogens with zero attached hydrogens (tertiary/aromatic N) is 1. The van der Waals surface area contributed by atoms with Gasteiger partial charge < -0.3 is 5.32 Å². The van der Waals surface area contributed by atoms with Gasteiger partial charge in [-0.2, -0.15) is 0 Å². The van der Waals surface area contributed by atoms with E-state index in [2.05, 4.69) is 60.5 Å². The average molecular weight is 254 g/mol. The van der Waals surface area contributed by atoms with Crippen molar-refractivity contribution in [2.24, 2.45) is 5.92 Å². The lowest BCUT2D eigenvalue weighted by molar-refractivity contribution is 0.643. The lowest BCUT2D eigenvalue weighted by atomic mass is 9.95. The number of hydrogen-bond acceptors (Lipinski definition) is 2. The van der Waals surface area contributed by atoms with Gasteiger partial charge in [0.25, 0.3) is 0 Å². The van der Waals surface area contributed by atoms with E-state index in [4.69, 9.17) is 0 Å². The summed E-state index contributed by atoms with van der Waals surface area (Å²) in [5.74, 6) is 0.684. The fourth-order valence-corrected chi connectivity index (χ4v) is 2.45. The van der Waals surface area contributed by atoms with Crippen molar-refractivity contribution in [2.45, 2.75) is 26.3 Å². The van der Waals surface area contributed by atoms with E-state index in [1.54, 1.807) is 0 Å². The minimum Gasteiger partial charge on any atom is -0.309 e. The molecule has 0 saturated heterocycles. The lowest BCUT2D eigenvalue weighted by Crippen LogP contribution is -2.17. The molecule has 0 fully saturated rings. The number of aromatic nitrogens is 1. The van der Waals surface area contributed by atoms with Crippen LogP contribution < -0.4 is 5.32 Å². The average Bonchev–Trinajstić information content (AvgIpc) is 2.40. The normalized spacial score (nSPS) is 12.6. The summed E-state index contributed by atoms with van der Waals surface area (Å²) in [5.41, 5.74) is 3.97. The molecule has 19 heavy (non-hydrogen) atoms. The summed E-state index contributed by atoms with van der Waals surface area (Å²) >= 11 is 0. The Kier molecular flexibility index (Phi) is 4.69. The van der Waals surface area contributed by atoms with Crippen LogP contribution in [0.5, 0.6) is 0 Å². The van der Waals surface area contributed by atoms with Crippen LogP contribution >= 0.6 is 0 Å². The molecule has 100 valence electrons. The van der Waals surface area contributed by atoms with E-state index in [1.807, 2.05) is 19.4 Å². The zero-order chi connectivity index (χ0) is 13.7. The molecule has 0 amide bonds. The first-order valence-corrected chi connectivity index (χ1v) is 6.86. The molecule has 0 bridgehead atoms. The van der Waals surface area contributed by atoms with Gasteiger partial charge in [0, 0.05) is 12.4 Å². The van der Waals surface area contributed by atoms with Gasteiger partial charge in [-0.1, -0.05) is 38.1 Å². The highest BCUT2D eigenvalue weighted by atomic mass is 14.9. The van der Waals surface area contributed by atoms with Crippen molar-refractivity contribution in [1.82, 2.24) is 10.3 Å². The number of hydrogen-bond donors (Lipinski definition) is 1. The molecule has 2 aromatic rings. The molecule has 2 nitrogen and oxygen atoms in total. The Labute approximate surface area is 115 Å². The zero-order valence-corrected chi connectivity index (χ0v) is 11.9. The molecule has 0 saturated carbocycles. The Morgan fingerprint density at radius 2 is 1.79 bits per heavy atom. The van der Waals surface area contributed by atoms with Crippen molar-refractivity contribution in [3.63, 3.8) is 0 Å². The summed E-state index contributed by atoms with van der Waals surface area (Å²) in [4.78, 5) is 4.08. The van der Waals surface area contributed by atoms with Crippen LogP contribution in [0.1, 0.15) is 36.6 Å². The highest BCUT2D eigenvalue weighted by Gasteiger charge is 2.12. The monoisotopic (exact) mass is 254 g/mol. The summed E-state index contributed by atoms with van der Waals surface area (Å²) in [6, 6.07) is 13.2. The topological polar surface area (TPSA) is 24.9 Å². The third kappa shape index (κ3) is 3.65. The molecule has 0 aliphatic carbocycles. The maximum absolute atomic E-state index is 4.08. The van der Waals surface area contributed by atoms with Crippen molar-refractivity contribution in [3.8, 4) is 0 Å². The van der Waals surface area contributed by atoms with Crippen LogP contribution in [0.3, 0.4) is 0 Å². The summed E-state index contributed by atoms with van der Waals surface area (Å²) < 4.78 is 0. The predicted octanol–water partition coefficient (Wildman–Crippen LogP) is 3.59. The first-order chi connectivity index (χ1) is 9.20. The standard InChI is InChI=1S/C17H22N2/c1-13(2)11-14-5-4-6-16(12-14)17(18-3)15-7-9-19-10-8-15/h4-10,12-13,17-18H,11H2,1-3H3. The summed E-state index contributed by atoms with van der Waals surface area (Å²) in [7, 11) is 2.00. The van der Waals surface area contributed by atoms with E-state index in [0.29, 0.717) is 5.92 Å². The molecule has 0 aliphatic heterocycles. The van der Waals surface area contributed by atoms with E-state index in [0.717, 1.165) is 6.42 Å². The third-order valence-electron chi connectivity index (χ3n) is 3.26. The minimum absolute atomic E-state index is 0.232. The van der Waals surface area contributed by atoms with Gasteiger partial charge in [-0.15, -0.1) is 0 Å². The molecule has 1 N–H and O–H groups in total. The van der Waals surface area contributed by atoms with Crippen molar-refractivity contribution in [2.75, 3.05) is 7.05 Å². The Morgan fingerprint density at radius 1 is 1.05 bits per heavy atom. The molecule has 0 spiro atoms. The van der Waals surface area contributed by atoms with E-state index < -0.39 is 0 Å². The van der Waals surface area contributed by atoms with Crippen molar-refractivity contribution in [1.29, 1.82) is 0 Å². The van der Waals surface area contributed by atoms with Gasteiger partial charge in [-0.25, -0.2) is 0 Å². The maximum Gasteiger partial charge on any atom is 0.0575 e. The Hall–Kier alpha value is -1.67. The van der Waals surface area contributed by atoms with Crippen molar-refractivity contribution in [3.05, 3.63) is 65.5 Å². The van der Waals surface area contributed by atoms with Gasteiger partial charge in [-0.3, -0.25) is 4.98 Å². The maximum atomic E-state index is 4.08. The number of nitrogens with one attached hydrogen (secondary N) is 1. The van der Waals surface area contributed by atoms with Gasteiger partial charge in [0.05, 0.1) is 6.04 Å². The highest BCUT2D eigenvalue weighted by Crippen LogP contribution is 2.22. The fourth-order valence-electron chi connectivity index (χ4n) is 2.45. The molecule has 1 heterocycles. The van der Waals surface area contributed by atoms with E-state index in [-0.39, 0.29) is 6.04 Å². The largest absolute Gasteiger partial charge is 0.309 e. The smallest absolute Gasteiger partial charge is 0.0575 e. The second-order valence-corrected chi connectivity index (χ2v) is 5.35. The summed E-state index contributed by atoms with van der Waals surface area (Å²) in [5, 5.41) is 3.39. The van der Waals surface area contributed by atoms with E-state index >= 15 is 0 Å². The van der Waals surface area contributed by atoms with E-state index in [1.165, 1.54) is 16.7 Å². The molecule has 1 aromatic heterocycles.